The van der Waals surface area contributed by atoms with Crippen molar-refractivity contribution in [1.29, 1.82) is 0 Å². The standard InChI is InChI=1S/C33H39Si2.K/c1-34(2,3)30-21-17-28(18-22-30)33(29-19-23-31(24-20-29)35(4,5)6)25-32(26-13-9-7-10-14-26)27-15-11-8-12-16-27;/h7-24,32H,25H2,1-6H3;/q-1;+1. The van der Waals surface area contributed by atoms with Gasteiger partial charge in [-0.2, -0.15) is 0 Å². The Labute approximate surface area is 264 Å². The Morgan fingerprint density at radius 2 is 0.833 bits per heavy atom. The van der Waals surface area contributed by atoms with Crippen LogP contribution in [0.15, 0.2) is 109 Å². The Kier molecular flexibility index (Phi) is 10.3. The topological polar surface area (TPSA) is 0 Å². The first kappa shape index (κ1) is 29.4. The fourth-order valence-electron chi connectivity index (χ4n) is 4.75. The first-order valence-corrected chi connectivity index (χ1v) is 19.8. The van der Waals surface area contributed by atoms with Crippen molar-refractivity contribution in [3.63, 3.8) is 0 Å². The van der Waals surface area contributed by atoms with Gasteiger partial charge in [0.05, 0.1) is 16.1 Å². The summed E-state index contributed by atoms with van der Waals surface area (Å²) in [6.45, 7) is 14.5. The summed E-state index contributed by atoms with van der Waals surface area (Å²) in [6, 6.07) is 40.9. The molecule has 0 aliphatic rings. The molecule has 0 aliphatic heterocycles. The summed E-state index contributed by atoms with van der Waals surface area (Å²) in [5.41, 5.74) is 5.41. The fraction of sp³-hybridized carbons (Fsp3) is 0.242. The van der Waals surface area contributed by atoms with Crippen LogP contribution in [0.5, 0.6) is 0 Å². The van der Waals surface area contributed by atoms with Gasteiger partial charge in [-0.05, 0) is 17.5 Å². The first-order valence-electron chi connectivity index (χ1n) is 12.8. The molecule has 3 heteroatoms. The summed E-state index contributed by atoms with van der Waals surface area (Å²) in [7, 11) is -2.68. The largest absolute Gasteiger partial charge is 1.00 e. The zero-order valence-electron chi connectivity index (χ0n) is 23.2. The molecule has 0 nitrogen and oxygen atoms in total. The van der Waals surface area contributed by atoms with Crippen LogP contribution >= 0.6 is 0 Å². The van der Waals surface area contributed by atoms with Gasteiger partial charge in [-0.15, -0.1) is 41.3 Å². The molecule has 0 radical (unpaired) electrons. The van der Waals surface area contributed by atoms with E-state index in [1.807, 2.05) is 0 Å². The average molecular weight is 531 g/mol. The van der Waals surface area contributed by atoms with Gasteiger partial charge in [-0.1, -0.05) is 135 Å². The SMILES string of the molecule is C[Si](C)(C)c1ccc([C-](CC(c2ccccc2)c2ccccc2)c2ccc([Si](C)(C)C)cc2)cc1.[K+]. The second-order valence-corrected chi connectivity index (χ2v) is 21.9. The van der Waals surface area contributed by atoms with E-state index in [-0.39, 0.29) is 51.4 Å². The van der Waals surface area contributed by atoms with Crippen LogP contribution in [0.25, 0.3) is 0 Å². The molecule has 4 aromatic carbocycles. The van der Waals surface area contributed by atoms with Gasteiger partial charge in [0, 0.05) is 5.92 Å². The monoisotopic (exact) mass is 530 g/mol. The molecule has 0 atom stereocenters. The van der Waals surface area contributed by atoms with E-state index >= 15 is 0 Å². The van der Waals surface area contributed by atoms with Gasteiger partial charge in [-0.25, -0.2) is 0 Å². The molecule has 0 fully saturated rings. The van der Waals surface area contributed by atoms with Gasteiger partial charge < -0.3 is 0 Å². The van der Waals surface area contributed by atoms with Gasteiger partial charge in [-0.3, -0.25) is 0 Å². The van der Waals surface area contributed by atoms with Crippen LogP contribution < -0.4 is 61.8 Å². The molecule has 0 aromatic heterocycles. The molecule has 0 heterocycles. The van der Waals surface area contributed by atoms with Crippen LogP contribution in [0.1, 0.15) is 34.6 Å². The molecule has 0 amide bonds. The number of hydrogen-bond donors (Lipinski definition) is 0. The van der Waals surface area contributed by atoms with Crippen LogP contribution in [-0.2, 0) is 0 Å². The van der Waals surface area contributed by atoms with Crippen LogP contribution in [0.3, 0.4) is 0 Å². The van der Waals surface area contributed by atoms with E-state index < -0.39 is 16.1 Å². The molecule has 0 saturated heterocycles. The Balaban J connectivity index is 0.00000361. The summed E-state index contributed by atoms with van der Waals surface area (Å²) in [6.07, 6.45) is 0.965. The predicted octanol–water partition coefficient (Wildman–Crippen LogP) is 4.97. The van der Waals surface area contributed by atoms with Gasteiger partial charge in [0.2, 0.25) is 0 Å². The average Bonchev–Trinajstić information content (AvgIpc) is 2.85. The predicted molar refractivity (Wildman–Crippen MR) is 160 cm³/mol. The third kappa shape index (κ3) is 7.44. The minimum absolute atomic E-state index is 0. The maximum absolute atomic E-state index is 2.42. The van der Waals surface area contributed by atoms with Gasteiger partial charge in [0.1, 0.15) is 0 Å². The summed E-state index contributed by atoms with van der Waals surface area (Å²) in [5.74, 6) is 1.73. The van der Waals surface area contributed by atoms with Crippen molar-refractivity contribution in [3.05, 3.63) is 137 Å². The molecular formula is C33H39KSi2. The molecule has 0 spiro atoms. The zero-order valence-corrected chi connectivity index (χ0v) is 28.3. The van der Waals surface area contributed by atoms with Crippen molar-refractivity contribution in [3.8, 4) is 0 Å². The van der Waals surface area contributed by atoms with Crippen molar-refractivity contribution >= 4 is 26.5 Å². The van der Waals surface area contributed by atoms with Crippen molar-refractivity contribution < 1.29 is 51.4 Å². The Bertz CT molecular complexity index is 1110. The molecule has 0 aliphatic carbocycles. The zero-order chi connectivity index (χ0) is 25.1. The maximum atomic E-state index is 2.42. The molecule has 0 bridgehead atoms. The van der Waals surface area contributed by atoms with E-state index in [1.165, 1.54) is 38.5 Å². The third-order valence-corrected chi connectivity index (χ3v) is 11.1. The third-order valence-electron chi connectivity index (χ3n) is 7.01. The van der Waals surface area contributed by atoms with Gasteiger partial charge >= 0.3 is 51.4 Å². The van der Waals surface area contributed by atoms with Gasteiger partial charge in [0.25, 0.3) is 0 Å². The Morgan fingerprint density at radius 1 is 0.500 bits per heavy atom. The molecule has 0 saturated carbocycles. The van der Waals surface area contributed by atoms with Crippen molar-refractivity contribution in [2.45, 2.75) is 51.6 Å². The molecule has 0 N–H and O–H groups in total. The van der Waals surface area contributed by atoms with E-state index in [0.717, 1.165) is 6.42 Å². The van der Waals surface area contributed by atoms with Crippen molar-refractivity contribution in [2.75, 3.05) is 0 Å². The van der Waals surface area contributed by atoms with Crippen LogP contribution in [-0.4, -0.2) is 16.1 Å². The van der Waals surface area contributed by atoms with Crippen LogP contribution in [0, 0.1) is 5.92 Å². The summed E-state index contributed by atoms with van der Waals surface area (Å²) in [4.78, 5) is 0. The summed E-state index contributed by atoms with van der Waals surface area (Å²) in [5, 5.41) is 3.02. The van der Waals surface area contributed by atoms with Crippen LogP contribution in [0.2, 0.25) is 39.3 Å². The Hall–Kier alpha value is -1.18. The van der Waals surface area contributed by atoms with E-state index in [2.05, 4.69) is 148 Å². The number of benzene rings is 4. The normalized spacial score (nSPS) is 11.8. The maximum Gasteiger partial charge on any atom is 1.00 e. The fourth-order valence-corrected chi connectivity index (χ4v) is 7.08. The Morgan fingerprint density at radius 3 is 1.14 bits per heavy atom. The molecule has 180 valence electrons. The smallest absolute Gasteiger partial charge is 0.120 e. The molecule has 0 unspecified atom stereocenters. The quantitative estimate of drug-likeness (QED) is 0.223. The van der Waals surface area contributed by atoms with Crippen molar-refractivity contribution in [2.24, 2.45) is 0 Å². The second-order valence-electron chi connectivity index (χ2n) is 11.7. The van der Waals surface area contributed by atoms with E-state index in [1.54, 1.807) is 0 Å². The number of hydrogen-bond acceptors (Lipinski definition) is 0. The molecule has 36 heavy (non-hydrogen) atoms. The second kappa shape index (κ2) is 12.6. The summed E-state index contributed by atoms with van der Waals surface area (Å²) >= 11 is 0. The first-order chi connectivity index (χ1) is 16.6. The van der Waals surface area contributed by atoms with Crippen molar-refractivity contribution in [1.82, 2.24) is 0 Å². The van der Waals surface area contributed by atoms with Gasteiger partial charge in [0.15, 0.2) is 0 Å². The summed E-state index contributed by atoms with van der Waals surface area (Å²) < 4.78 is 0. The van der Waals surface area contributed by atoms with E-state index in [0.29, 0.717) is 5.92 Å². The molecule has 4 aromatic rings. The minimum atomic E-state index is -1.34. The number of rotatable bonds is 8. The molecule has 4 rings (SSSR count). The minimum Gasteiger partial charge on any atom is -0.120 e. The van der Waals surface area contributed by atoms with E-state index in [9.17, 15) is 0 Å². The van der Waals surface area contributed by atoms with E-state index in [4.69, 9.17) is 0 Å². The van der Waals surface area contributed by atoms with Crippen LogP contribution in [0.4, 0.5) is 0 Å². The molecular weight excluding hydrogens is 492 g/mol.